The van der Waals surface area contributed by atoms with Crippen LogP contribution in [0.3, 0.4) is 0 Å². The average molecular weight is 472 g/mol. The third kappa shape index (κ3) is 4.13. The number of fused-ring (bicyclic) bond motifs is 1. The number of thioether (sulfide) groups is 1. The van der Waals surface area contributed by atoms with Crippen molar-refractivity contribution in [1.82, 2.24) is 14.8 Å². The lowest BCUT2D eigenvalue weighted by Gasteiger charge is -2.28. The number of nitrogens with one attached hydrogen (secondary N) is 1. The van der Waals surface area contributed by atoms with E-state index in [1.165, 1.54) is 11.8 Å². The zero-order valence-corrected chi connectivity index (χ0v) is 19.3. The van der Waals surface area contributed by atoms with Gasteiger partial charge in [0.25, 0.3) is 0 Å². The highest BCUT2D eigenvalue weighted by molar-refractivity contribution is 7.98. The highest BCUT2D eigenvalue weighted by Gasteiger charge is 2.33. The predicted molar refractivity (Wildman–Crippen MR) is 124 cm³/mol. The van der Waals surface area contributed by atoms with Gasteiger partial charge < -0.3 is 20.5 Å². The summed E-state index contributed by atoms with van der Waals surface area (Å²) in [5, 5.41) is 9.06. The van der Waals surface area contributed by atoms with Crippen LogP contribution in [-0.2, 0) is 10.5 Å². The number of allylic oxidation sites excluding steroid dienone is 1. The lowest BCUT2D eigenvalue weighted by Crippen LogP contribution is -2.31. The third-order valence-corrected chi connectivity index (χ3v) is 6.39. The molecule has 32 heavy (non-hydrogen) atoms. The SMILES string of the molecule is COc1ccc(C2C(C(N)=O)=C(C)Nc3nc(SCc4ccccc4Cl)nn32)cc1OC. The fourth-order valence-corrected chi connectivity index (χ4v) is 4.72. The second-order valence-corrected chi connectivity index (χ2v) is 8.44. The van der Waals surface area contributed by atoms with E-state index >= 15 is 0 Å². The molecule has 2 heterocycles. The molecule has 1 aromatic heterocycles. The molecule has 1 unspecified atom stereocenters. The minimum atomic E-state index is -0.564. The van der Waals surface area contributed by atoms with Gasteiger partial charge >= 0.3 is 0 Å². The molecule has 1 aliphatic rings. The van der Waals surface area contributed by atoms with Gasteiger partial charge in [-0.3, -0.25) is 4.79 Å². The first kappa shape index (κ1) is 22.0. The summed E-state index contributed by atoms with van der Waals surface area (Å²) in [6.45, 7) is 1.79. The van der Waals surface area contributed by atoms with E-state index in [0.29, 0.717) is 44.6 Å². The first-order chi connectivity index (χ1) is 15.4. The molecule has 0 saturated carbocycles. The number of nitrogens with zero attached hydrogens (tertiary/aromatic N) is 3. The number of benzene rings is 2. The highest BCUT2D eigenvalue weighted by atomic mass is 35.5. The molecule has 3 N–H and O–H groups in total. The van der Waals surface area contributed by atoms with Gasteiger partial charge in [0.05, 0.1) is 19.8 Å². The van der Waals surface area contributed by atoms with Crippen LogP contribution in [0.1, 0.15) is 24.1 Å². The van der Waals surface area contributed by atoms with Gasteiger partial charge in [0.1, 0.15) is 6.04 Å². The summed E-state index contributed by atoms with van der Waals surface area (Å²) in [7, 11) is 3.13. The number of nitrogens with two attached hydrogens (primary N) is 1. The maximum Gasteiger partial charge on any atom is 0.248 e. The topological polar surface area (TPSA) is 104 Å². The van der Waals surface area contributed by atoms with Crippen LogP contribution in [0.25, 0.3) is 0 Å². The summed E-state index contributed by atoms with van der Waals surface area (Å²) in [4.78, 5) is 17.0. The van der Waals surface area contributed by atoms with Gasteiger partial charge in [-0.25, -0.2) is 4.68 Å². The van der Waals surface area contributed by atoms with Crippen molar-refractivity contribution in [2.24, 2.45) is 5.73 Å². The maximum absolute atomic E-state index is 12.4. The molecule has 0 radical (unpaired) electrons. The zero-order valence-electron chi connectivity index (χ0n) is 17.8. The normalized spacial score (nSPS) is 15.2. The molecule has 0 fully saturated rings. The van der Waals surface area contributed by atoms with Crippen molar-refractivity contribution in [3.05, 3.63) is 69.9 Å². The fraction of sp³-hybridized carbons (Fsp3) is 0.227. The molecule has 1 aliphatic heterocycles. The fourth-order valence-electron chi connectivity index (χ4n) is 3.60. The van der Waals surface area contributed by atoms with Crippen LogP contribution in [0.4, 0.5) is 5.95 Å². The molecular weight excluding hydrogens is 450 g/mol. The van der Waals surface area contributed by atoms with E-state index < -0.39 is 11.9 Å². The molecule has 0 spiro atoms. The monoisotopic (exact) mass is 471 g/mol. The standard InChI is InChI=1S/C22H22ClN5O3S/c1-12-18(20(24)29)19(13-8-9-16(30-2)17(10-13)31-3)28-21(25-12)26-22(27-28)32-11-14-6-4-5-7-15(14)23/h4-10,19H,11H2,1-3H3,(H2,24,29)(H,25,26,27). The Morgan fingerprint density at radius 1 is 1.22 bits per heavy atom. The Morgan fingerprint density at radius 3 is 2.66 bits per heavy atom. The Labute approximate surface area is 194 Å². The molecule has 1 atom stereocenters. The molecule has 0 bridgehead atoms. The van der Waals surface area contributed by atoms with E-state index in [9.17, 15) is 4.79 Å². The summed E-state index contributed by atoms with van der Waals surface area (Å²) >= 11 is 7.73. The lowest BCUT2D eigenvalue weighted by atomic mass is 9.95. The van der Waals surface area contributed by atoms with Crippen molar-refractivity contribution < 1.29 is 14.3 Å². The summed E-state index contributed by atoms with van der Waals surface area (Å²) in [6, 6.07) is 12.5. The van der Waals surface area contributed by atoms with Gasteiger partial charge in [0.2, 0.25) is 17.0 Å². The molecule has 3 aromatic rings. The highest BCUT2D eigenvalue weighted by Crippen LogP contribution is 2.39. The number of hydrogen-bond acceptors (Lipinski definition) is 7. The third-order valence-electron chi connectivity index (χ3n) is 5.14. The van der Waals surface area contributed by atoms with Crippen molar-refractivity contribution >= 4 is 35.2 Å². The first-order valence-electron chi connectivity index (χ1n) is 9.75. The van der Waals surface area contributed by atoms with Crippen molar-refractivity contribution in [3.63, 3.8) is 0 Å². The van der Waals surface area contributed by atoms with Crippen molar-refractivity contribution in [3.8, 4) is 11.5 Å². The first-order valence-corrected chi connectivity index (χ1v) is 11.1. The van der Waals surface area contributed by atoms with Gasteiger partial charge in [-0.1, -0.05) is 47.6 Å². The van der Waals surface area contributed by atoms with E-state index in [2.05, 4.69) is 15.4 Å². The number of methoxy groups -OCH3 is 2. The number of ether oxygens (including phenoxy) is 2. The van der Waals surface area contributed by atoms with Crippen LogP contribution in [0.15, 0.2) is 58.9 Å². The molecule has 2 aromatic carbocycles. The largest absolute Gasteiger partial charge is 0.493 e. The summed E-state index contributed by atoms with van der Waals surface area (Å²) in [6.07, 6.45) is 0. The lowest BCUT2D eigenvalue weighted by molar-refractivity contribution is -0.115. The molecule has 0 saturated heterocycles. The van der Waals surface area contributed by atoms with Gasteiger partial charge in [-0.15, -0.1) is 5.10 Å². The number of aromatic nitrogens is 3. The van der Waals surface area contributed by atoms with E-state index in [4.69, 9.17) is 26.8 Å². The molecule has 0 aliphatic carbocycles. The number of primary amides is 1. The Hall–Kier alpha value is -3.17. The van der Waals surface area contributed by atoms with E-state index in [1.54, 1.807) is 31.9 Å². The number of halogens is 1. The van der Waals surface area contributed by atoms with E-state index in [0.717, 1.165) is 11.1 Å². The number of rotatable bonds is 7. The van der Waals surface area contributed by atoms with Gasteiger partial charge in [0, 0.05) is 16.5 Å². The summed E-state index contributed by atoms with van der Waals surface area (Å²) in [5.74, 6) is 1.72. The zero-order chi connectivity index (χ0) is 22.8. The number of amides is 1. The molecule has 4 rings (SSSR count). The van der Waals surface area contributed by atoms with Gasteiger partial charge in [-0.05, 0) is 36.2 Å². The summed E-state index contributed by atoms with van der Waals surface area (Å²) < 4.78 is 12.5. The van der Waals surface area contributed by atoms with Crippen molar-refractivity contribution in [2.75, 3.05) is 19.5 Å². The maximum atomic E-state index is 12.4. The second kappa shape index (κ2) is 9.13. The number of carbonyl (C=O) groups excluding carboxylic acids is 1. The second-order valence-electron chi connectivity index (χ2n) is 7.09. The average Bonchev–Trinajstić information content (AvgIpc) is 3.19. The van der Waals surface area contributed by atoms with Crippen molar-refractivity contribution in [1.29, 1.82) is 0 Å². The van der Waals surface area contributed by atoms with Crippen LogP contribution in [0, 0.1) is 0 Å². The Morgan fingerprint density at radius 2 is 1.97 bits per heavy atom. The van der Waals surface area contributed by atoms with Crippen LogP contribution in [0.5, 0.6) is 11.5 Å². The van der Waals surface area contributed by atoms with E-state index in [-0.39, 0.29) is 0 Å². The minimum absolute atomic E-state index is 0.400. The predicted octanol–water partition coefficient (Wildman–Crippen LogP) is 4.02. The van der Waals surface area contributed by atoms with Crippen LogP contribution in [-0.4, -0.2) is 34.9 Å². The molecule has 8 nitrogen and oxygen atoms in total. The Balaban J connectivity index is 1.73. The van der Waals surface area contributed by atoms with Crippen molar-refractivity contribution in [2.45, 2.75) is 23.9 Å². The molecular formula is C22H22ClN5O3S. The summed E-state index contributed by atoms with van der Waals surface area (Å²) in [5.41, 5.74) is 8.54. The molecule has 1 amide bonds. The van der Waals surface area contributed by atoms with Gasteiger partial charge in [0.15, 0.2) is 11.5 Å². The van der Waals surface area contributed by atoms with E-state index in [1.807, 2.05) is 36.4 Å². The van der Waals surface area contributed by atoms with Gasteiger partial charge in [-0.2, -0.15) is 4.98 Å². The van der Waals surface area contributed by atoms with Crippen LogP contribution >= 0.6 is 23.4 Å². The molecule has 10 heteroatoms. The Bertz CT molecular complexity index is 1210. The molecule has 166 valence electrons. The number of carbonyl (C=O) groups is 1. The van der Waals surface area contributed by atoms with Crippen LogP contribution in [0.2, 0.25) is 5.02 Å². The number of hydrogen-bond donors (Lipinski definition) is 2. The number of anilines is 1. The quantitative estimate of drug-likeness (QED) is 0.501. The minimum Gasteiger partial charge on any atom is -0.493 e. The van der Waals surface area contributed by atoms with Crippen LogP contribution < -0.4 is 20.5 Å². The Kier molecular flexibility index (Phi) is 6.29. The smallest absolute Gasteiger partial charge is 0.248 e.